The van der Waals surface area contributed by atoms with E-state index in [2.05, 4.69) is 22.9 Å². The average molecular weight is 237 g/mol. The van der Waals surface area contributed by atoms with Crippen molar-refractivity contribution >= 4 is 5.82 Å². The molecule has 1 aromatic heterocycles. The second-order valence-electron chi connectivity index (χ2n) is 4.01. The van der Waals surface area contributed by atoms with Gasteiger partial charge in [0.25, 0.3) is 0 Å². The molecule has 1 rings (SSSR count). The fourth-order valence-electron chi connectivity index (χ4n) is 1.64. The third kappa shape index (κ3) is 4.32. The smallest absolute Gasteiger partial charge is 0.128 e. The van der Waals surface area contributed by atoms with E-state index < -0.39 is 0 Å². The Balaban J connectivity index is 2.70. The topological polar surface area (TPSA) is 51.4 Å². The van der Waals surface area contributed by atoms with Crippen molar-refractivity contribution < 1.29 is 4.74 Å². The molecule has 0 aliphatic rings. The van der Waals surface area contributed by atoms with Crippen molar-refractivity contribution in [1.82, 2.24) is 4.98 Å². The maximum Gasteiger partial charge on any atom is 0.128 e. The highest BCUT2D eigenvalue weighted by Gasteiger charge is 2.07. The van der Waals surface area contributed by atoms with Gasteiger partial charge in [-0.15, -0.1) is 0 Å². The minimum absolute atomic E-state index is 0.0438. The van der Waals surface area contributed by atoms with Crippen LogP contribution in [-0.2, 0) is 4.74 Å². The Labute approximate surface area is 104 Å². The Hall–Kier alpha value is -1.13. The molecule has 0 saturated heterocycles. The maximum atomic E-state index is 5.87. The van der Waals surface area contributed by atoms with E-state index in [1.54, 1.807) is 0 Å². The molecule has 0 aliphatic heterocycles. The van der Waals surface area contributed by atoms with Gasteiger partial charge in [0.2, 0.25) is 0 Å². The normalized spacial score (nSPS) is 12.5. The molecule has 17 heavy (non-hydrogen) atoms. The molecule has 0 spiro atoms. The molecule has 0 saturated carbocycles. The average Bonchev–Trinajstić information content (AvgIpc) is 2.35. The lowest BCUT2D eigenvalue weighted by molar-refractivity contribution is 0.154. The summed E-state index contributed by atoms with van der Waals surface area (Å²) < 4.78 is 5.37. The number of nitrogens with zero attached hydrogens (tertiary/aromatic N) is 2. The van der Waals surface area contributed by atoms with Crippen molar-refractivity contribution in [3.8, 4) is 0 Å². The molecule has 4 heteroatoms. The summed E-state index contributed by atoms with van der Waals surface area (Å²) in [7, 11) is 0. The largest absolute Gasteiger partial charge is 0.380 e. The van der Waals surface area contributed by atoms with Crippen LogP contribution in [0.25, 0.3) is 0 Å². The van der Waals surface area contributed by atoms with E-state index in [-0.39, 0.29) is 6.04 Å². The fraction of sp³-hybridized carbons (Fsp3) is 0.615. The molecule has 4 nitrogen and oxygen atoms in total. The van der Waals surface area contributed by atoms with E-state index in [1.807, 2.05) is 26.1 Å². The molecule has 96 valence electrons. The van der Waals surface area contributed by atoms with Crippen molar-refractivity contribution in [2.75, 3.05) is 31.2 Å². The standard InChI is InChI=1S/C13H23N3O/c1-4-16(8-9-17-5-2)13-10-12(11(3)14)6-7-15-13/h6-7,10-11H,4-5,8-9,14H2,1-3H3/t11-/m1/s1. The molecule has 0 fully saturated rings. The Bertz CT molecular complexity index is 328. The zero-order valence-electron chi connectivity index (χ0n) is 11.0. The van der Waals surface area contributed by atoms with Crippen molar-refractivity contribution in [2.24, 2.45) is 5.73 Å². The second-order valence-corrected chi connectivity index (χ2v) is 4.01. The third-order valence-electron chi connectivity index (χ3n) is 2.71. The third-order valence-corrected chi connectivity index (χ3v) is 2.71. The van der Waals surface area contributed by atoms with Gasteiger partial charge < -0.3 is 15.4 Å². The summed E-state index contributed by atoms with van der Waals surface area (Å²) in [6, 6.07) is 4.06. The number of anilines is 1. The van der Waals surface area contributed by atoms with Crippen molar-refractivity contribution in [1.29, 1.82) is 0 Å². The summed E-state index contributed by atoms with van der Waals surface area (Å²) >= 11 is 0. The van der Waals surface area contributed by atoms with Crippen LogP contribution in [0, 0.1) is 0 Å². The number of rotatable bonds is 7. The van der Waals surface area contributed by atoms with Crippen LogP contribution in [0.15, 0.2) is 18.3 Å². The predicted molar refractivity (Wildman–Crippen MR) is 71.2 cm³/mol. The number of pyridine rings is 1. The first kappa shape index (κ1) is 13.9. The van der Waals surface area contributed by atoms with Gasteiger partial charge in [0.1, 0.15) is 5.82 Å². The summed E-state index contributed by atoms with van der Waals surface area (Å²) in [6.45, 7) is 9.37. The molecule has 1 aromatic rings. The van der Waals surface area contributed by atoms with Crippen molar-refractivity contribution in [2.45, 2.75) is 26.8 Å². The van der Waals surface area contributed by atoms with Gasteiger partial charge in [-0.25, -0.2) is 4.98 Å². The molecule has 0 unspecified atom stereocenters. The van der Waals surface area contributed by atoms with E-state index in [9.17, 15) is 0 Å². The molecule has 0 radical (unpaired) electrons. The molecule has 1 atom stereocenters. The highest BCUT2D eigenvalue weighted by atomic mass is 16.5. The highest BCUT2D eigenvalue weighted by molar-refractivity contribution is 5.41. The Morgan fingerprint density at radius 1 is 1.47 bits per heavy atom. The number of hydrogen-bond donors (Lipinski definition) is 1. The van der Waals surface area contributed by atoms with Crippen LogP contribution >= 0.6 is 0 Å². The molecular weight excluding hydrogens is 214 g/mol. The minimum Gasteiger partial charge on any atom is -0.380 e. The van der Waals surface area contributed by atoms with Crippen LogP contribution in [0.2, 0.25) is 0 Å². The van der Waals surface area contributed by atoms with Crippen LogP contribution in [0.5, 0.6) is 0 Å². The zero-order chi connectivity index (χ0) is 12.7. The van der Waals surface area contributed by atoms with Crippen LogP contribution in [0.3, 0.4) is 0 Å². The summed E-state index contributed by atoms with van der Waals surface area (Å²) in [6.07, 6.45) is 1.82. The van der Waals surface area contributed by atoms with Gasteiger partial charge in [-0.2, -0.15) is 0 Å². The lowest BCUT2D eigenvalue weighted by Gasteiger charge is -2.22. The molecule has 0 amide bonds. The number of hydrogen-bond acceptors (Lipinski definition) is 4. The summed E-state index contributed by atoms with van der Waals surface area (Å²) in [5, 5.41) is 0. The summed E-state index contributed by atoms with van der Waals surface area (Å²) in [5.74, 6) is 0.974. The first-order valence-electron chi connectivity index (χ1n) is 6.23. The Morgan fingerprint density at radius 3 is 2.82 bits per heavy atom. The quantitative estimate of drug-likeness (QED) is 0.737. The van der Waals surface area contributed by atoms with Gasteiger partial charge in [0.15, 0.2) is 0 Å². The van der Waals surface area contributed by atoms with E-state index in [0.29, 0.717) is 0 Å². The number of aromatic nitrogens is 1. The molecular formula is C13H23N3O. The Kier molecular flexibility index (Phi) is 5.94. The SMILES string of the molecule is CCOCCN(CC)c1cc([C@@H](C)N)ccn1. The molecule has 1 heterocycles. The highest BCUT2D eigenvalue weighted by Crippen LogP contribution is 2.16. The molecule has 0 aromatic carbocycles. The molecule has 0 bridgehead atoms. The van der Waals surface area contributed by atoms with Crippen LogP contribution in [0.1, 0.15) is 32.4 Å². The first-order valence-corrected chi connectivity index (χ1v) is 6.23. The monoisotopic (exact) mass is 237 g/mol. The second kappa shape index (κ2) is 7.25. The van der Waals surface area contributed by atoms with Crippen LogP contribution < -0.4 is 10.6 Å². The fourth-order valence-corrected chi connectivity index (χ4v) is 1.64. The van der Waals surface area contributed by atoms with E-state index in [0.717, 1.165) is 37.7 Å². The van der Waals surface area contributed by atoms with Crippen molar-refractivity contribution in [3.05, 3.63) is 23.9 Å². The van der Waals surface area contributed by atoms with E-state index >= 15 is 0 Å². The number of likely N-dealkylation sites (N-methyl/N-ethyl adjacent to an activating group) is 1. The maximum absolute atomic E-state index is 5.87. The van der Waals surface area contributed by atoms with Gasteiger partial charge in [0.05, 0.1) is 6.61 Å². The van der Waals surface area contributed by atoms with Gasteiger partial charge in [0, 0.05) is 31.9 Å². The van der Waals surface area contributed by atoms with Gasteiger partial charge in [-0.05, 0) is 38.5 Å². The number of ether oxygens (including phenoxy) is 1. The van der Waals surface area contributed by atoms with E-state index in [4.69, 9.17) is 10.5 Å². The van der Waals surface area contributed by atoms with Gasteiger partial charge in [-0.1, -0.05) is 0 Å². The van der Waals surface area contributed by atoms with Crippen molar-refractivity contribution in [3.63, 3.8) is 0 Å². The zero-order valence-corrected chi connectivity index (χ0v) is 11.0. The Morgan fingerprint density at radius 2 is 2.24 bits per heavy atom. The lowest BCUT2D eigenvalue weighted by Crippen LogP contribution is -2.28. The van der Waals surface area contributed by atoms with Gasteiger partial charge >= 0.3 is 0 Å². The number of nitrogens with two attached hydrogens (primary N) is 1. The lowest BCUT2D eigenvalue weighted by atomic mass is 10.1. The summed E-state index contributed by atoms with van der Waals surface area (Å²) in [4.78, 5) is 6.58. The van der Waals surface area contributed by atoms with Crippen LogP contribution in [0.4, 0.5) is 5.82 Å². The predicted octanol–water partition coefficient (Wildman–Crippen LogP) is 1.96. The minimum atomic E-state index is 0.0438. The van der Waals surface area contributed by atoms with Crippen LogP contribution in [-0.4, -0.2) is 31.3 Å². The first-order chi connectivity index (χ1) is 8.19. The van der Waals surface area contributed by atoms with E-state index in [1.165, 1.54) is 0 Å². The molecule has 0 aliphatic carbocycles. The molecule has 2 N–H and O–H groups in total. The van der Waals surface area contributed by atoms with Gasteiger partial charge in [-0.3, -0.25) is 0 Å². The summed E-state index contributed by atoms with van der Waals surface area (Å²) in [5.41, 5.74) is 6.99.